The van der Waals surface area contributed by atoms with E-state index in [4.69, 9.17) is 18.9 Å². The number of benzene rings is 2. The predicted molar refractivity (Wildman–Crippen MR) is 195 cm³/mol. The van der Waals surface area contributed by atoms with Crippen molar-refractivity contribution in [2.45, 2.75) is 117 Å². The maximum absolute atomic E-state index is 14.8. The topological polar surface area (TPSA) is 54.0 Å². The van der Waals surface area contributed by atoms with E-state index < -0.39 is 24.0 Å². The molecule has 1 heterocycles. The van der Waals surface area contributed by atoms with Crippen LogP contribution in [0.3, 0.4) is 0 Å². The fourth-order valence-corrected chi connectivity index (χ4v) is 7.37. The first kappa shape index (κ1) is 38.4. The van der Waals surface area contributed by atoms with Crippen molar-refractivity contribution in [3.05, 3.63) is 82.0 Å². The summed E-state index contributed by atoms with van der Waals surface area (Å²) in [6.07, 6.45) is 7.29. The first-order valence-electron chi connectivity index (χ1n) is 18.3. The normalized spacial score (nSPS) is 21.2. The van der Waals surface area contributed by atoms with Crippen molar-refractivity contribution >= 4 is 17.1 Å². The van der Waals surface area contributed by atoms with E-state index >= 15 is 0 Å². The lowest BCUT2D eigenvalue weighted by atomic mass is 9.71. The number of carbonyl (C=O) groups excluding carboxylic acids is 1. The van der Waals surface area contributed by atoms with Crippen LogP contribution in [-0.2, 0) is 30.2 Å². The van der Waals surface area contributed by atoms with E-state index in [1.807, 2.05) is 12.1 Å². The molecular formula is C41H57FO5S. The second-order valence-electron chi connectivity index (χ2n) is 13.1. The van der Waals surface area contributed by atoms with Crippen molar-refractivity contribution in [1.29, 1.82) is 0 Å². The van der Waals surface area contributed by atoms with Gasteiger partial charge < -0.3 is 18.9 Å². The molecule has 1 aliphatic carbocycles. The molecule has 0 radical (unpaired) electrons. The molecule has 1 saturated carbocycles. The Balaban J connectivity index is 1.70. The third-order valence-electron chi connectivity index (χ3n) is 9.30. The lowest BCUT2D eigenvalue weighted by Crippen LogP contribution is -2.59. The van der Waals surface area contributed by atoms with Crippen LogP contribution in [0.4, 0.5) is 4.39 Å². The first-order chi connectivity index (χ1) is 23.4. The highest BCUT2D eigenvalue weighted by Gasteiger charge is 2.52. The van der Waals surface area contributed by atoms with Gasteiger partial charge in [-0.2, -0.15) is 0 Å². The molecule has 1 aliphatic rings. The summed E-state index contributed by atoms with van der Waals surface area (Å²) >= 11 is 1.72. The van der Waals surface area contributed by atoms with Crippen LogP contribution in [0.2, 0.25) is 0 Å². The summed E-state index contributed by atoms with van der Waals surface area (Å²) in [6, 6.07) is 17.4. The van der Waals surface area contributed by atoms with Crippen molar-refractivity contribution < 1.29 is 28.1 Å². The fourth-order valence-electron chi connectivity index (χ4n) is 6.34. The molecule has 7 heteroatoms. The minimum absolute atomic E-state index is 0.120. The molecule has 0 spiro atoms. The SMILES string of the molecule is CCCCOC[C@H]1C(=O)[C@@H](c2ccc(C)c(Cc3ccc(-c4ccc(F)cc4)s3)c2)[C@H](OCCCC)[C@@H](OCCCC)[C@@H]1OCCCC. The summed E-state index contributed by atoms with van der Waals surface area (Å²) in [4.78, 5) is 17.1. The fraction of sp³-hybridized carbons (Fsp3) is 0.585. The Labute approximate surface area is 292 Å². The maximum atomic E-state index is 14.8. The lowest BCUT2D eigenvalue weighted by Gasteiger charge is -2.45. The monoisotopic (exact) mass is 680 g/mol. The van der Waals surface area contributed by atoms with Crippen LogP contribution in [0.15, 0.2) is 54.6 Å². The number of hydrogen-bond donors (Lipinski definition) is 0. The Hall–Kier alpha value is -2.42. The average molecular weight is 681 g/mol. The van der Waals surface area contributed by atoms with Gasteiger partial charge in [0.25, 0.3) is 0 Å². The lowest BCUT2D eigenvalue weighted by molar-refractivity contribution is -0.193. The molecule has 0 saturated heterocycles. The van der Waals surface area contributed by atoms with E-state index in [1.54, 1.807) is 11.3 Å². The standard InChI is InChI=1S/C41H57FO5S/c1-6-10-22-44-28-35-38(43)37(40(46-24-12-8-3)41(47-25-13-9-4)39(35)45-23-11-7-2)31-15-14-29(5)32(26-31)27-34-20-21-36(48-34)30-16-18-33(42)19-17-30/h14-21,26,35,37,39-41H,6-13,22-25,27-28H2,1-5H3/t35-,37+,39+,40-,41-/m0/s1. The summed E-state index contributed by atoms with van der Waals surface area (Å²) in [7, 11) is 0. The quantitative estimate of drug-likeness (QED) is 0.105. The van der Waals surface area contributed by atoms with E-state index in [0.717, 1.165) is 73.8 Å². The number of carbonyl (C=O) groups is 1. The number of rotatable bonds is 21. The van der Waals surface area contributed by atoms with Crippen molar-refractivity contribution in [2.24, 2.45) is 5.92 Å². The molecule has 0 bridgehead atoms. The Kier molecular flexibility index (Phi) is 16.2. The second-order valence-corrected chi connectivity index (χ2v) is 14.3. The average Bonchev–Trinajstić information content (AvgIpc) is 3.55. The summed E-state index contributed by atoms with van der Waals surface area (Å²) in [5.74, 6) is -1.04. The van der Waals surface area contributed by atoms with Crippen LogP contribution in [0.5, 0.6) is 0 Å². The summed E-state index contributed by atoms with van der Waals surface area (Å²) in [6.45, 7) is 13.4. The van der Waals surface area contributed by atoms with Gasteiger partial charge in [0.2, 0.25) is 0 Å². The number of halogens is 1. The summed E-state index contributed by atoms with van der Waals surface area (Å²) < 4.78 is 39.6. The van der Waals surface area contributed by atoms with Crippen molar-refractivity contribution in [3.8, 4) is 10.4 Å². The number of aryl methyl sites for hydroxylation is 1. The minimum atomic E-state index is -0.489. The van der Waals surface area contributed by atoms with E-state index in [-0.39, 0.29) is 17.7 Å². The maximum Gasteiger partial charge on any atom is 0.151 e. The van der Waals surface area contributed by atoms with Gasteiger partial charge >= 0.3 is 0 Å². The van der Waals surface area contributed by atoms with E-state index in [2.05, 4.69) is 65.0 Å². The second kappa shape index (κ2) is 20.3. The highest BCUT2D eigenvalue weighted by atomic mass is 32.1. The highest BCUT2D eigenvalue weighted by molar-refractivity contribution is 7.15. The Morgan fingerprint density at radius 2 is 1.31 bits per heavy atom. The zero-order chi connectivity index (χ0) is 34.3. The van der Waals surface area contributed by atoms with E-state index in [9.17, 15) is 9.18 Å². The Bertz CT molecular complexity index is 1370. The highest BCUT2D eigenvalue weighted by Crippen LogP contribution is 2.40. The molecule has 5 atom stereocenters. The van der Waals surface area contributed by atoms with Crippen LogP contribution in [0.1, 0.15) is 107 Å². The molecule has 0 N–H and O–H groups in total. The molecule has 0 unspecified atom stereocenters. The first-order valence-corrected chi connectivity index (χ1v) is 19.1. The largest absolute Gasteiger partial charge is 0.381 e. The van der Waals surface area contributed by atoms with Crippen LogP contribution < -0.4 is 0 Å². The van der Waals surface area contributed by atoms with Crippen molar-refractivity contribution in [1.82, 2.24) is 0 Å². The number of ether oxygens (including phenoxy) is 4. The van der Waals surface area contributed by atoms with Gasteiger partial charge in [-0.25, -0.2) is 4.39 Å². The van der Waals surface area contributed by atoms with Crippen LogP contribution in [-0.4, -0.2) is 57.1 Å². The number of Topliss-reactive ketones (excluding diaryl/α,β-unsaturated/α-hetero) is 1. The molecule has 264 valence electrons. The number of ketones is 1. The Morgan fingerprint density at radius 1 is 0.708 bits per heavy atom. The molecule has 1 aromatic heterocycles. The van der Waals surface area contributed by atoms with Crippen LogP contribution in [0, 0.1) is 18.7 Å². The van der Waals surface area contributed by atoms with Gasteiger partial charge in [-0.15, -0.1) is 11.3 Å². The van der Waals surface area contributed by atoms with E-state index in [1.165, 1.54) is 28.1 Å². The third-order valence-corrected chi connectivity index (χ3v) is 10.4. The molecule has 4 rings (SSSR count). The molecule has 3 aromatic rings. The molecular weight excluding hydrogens is 624 g/mol. The zero-order valence-electron chi connectivity index (χ0n) is 29.8. The van der Waals surface area contributed by atoms with Gasteiger partial charge in [0.1, 0.15) is 11.9 Å². The van der Waals surface area contributed by atoms with Crippen LogP contribution in [0.25, 0.3) is 10.4 Å². The number of hydrogen-bond acceptors (Lipinski definition) is 6. The Morgan fingerprint density at radius 3 is 1.96 bits per heavy atom. The number of thiophene rings is 1. The molecule has 0 amide bonds. The van der Waals surface area contributed by atoms with Gasteiger partial charge in [-0.1, -0.05) is 83.7 Å². The van der Waals surface area contributed by atoms with Gasteiger partial charge in [0.15, 0.2) is 5.78 Å². The summed E-state index contributed by atoms with van der Waals surface area (Å²) in [5, 5.41) is 0. The van der Waals surface area contributed by atoms with Gasteiger partial charge in [0, 0.05) is 42.6 Å². The van der Waals surface area contributed by atoms with Gasteiger partial charge in [-0.3, -0.25) is 4.79 Å². The zero-order valence-corrected chi connectivity index (χ0v) is 30.6. The summed E-state index contributed by atoms with van der Waals surface area (Å²) in [5.41, 5.74) is 4.33. The third kappa shape index (κ3) is 10.5. The van der Waals surface area contributed by atoms with E-state index in [0.29, 0.717) is 33.0 Å². The van der Waals surface area contributed by atoms with Crippen molar-refractivity contribution in [3.63, 3.8) is 0 Å². The minimum Gasteiger partial charge on any atom is -0.381 e. The molecule has 2 aromatic carbocycles. The smallest absolute Gasteiger partial charge is 0.151 e. The predicted octanol–water partition coefficient (Wildman–Crippen LogP) is 10.1. The molecule has 1 fully saturated rings. The van der Waals surface area contributed by atoms with Gasteiger partial charge in [0.05, 0.1) is 30.7 Å². The van der Waals surface area contributed by atoms with Crippen LogP contribution >= 0.6 is 11.3 Å². The number of unbranched alkanes of at least 4 members (excludes halogenated alkanes) is 4. The van der Waals surface area contributed by atoms with Gasteiger partial charge in [-0.05, 0) is 79.1 Å². The molecule has 48 heavy (non-hydrogen) atoms. The van der Waals surface area contributed by atoms with Crippen molar-refractivity contribution in [2.75, 3.05) is 33.0 Å². The molecule has 5 nitrogen and oxygen atoms in total. The molecule has 0 aliphatic heterocycles.